The van der Waals surface area contributed by atoms with Gasteiger partial charge in [0.2, 0.25) is 0 Å². The molecule has 1 saturated carbocycles. The highest BCUT2D eigenvalue weighted by atomic mass is 19.1. The third-order valence-corrected chi connectivity index (χ3v) is 3.68. The molecule has 2 N–H and O–H groups in total. The smallest absolute Gasteiger partial charge is 0.273 e. The Balaban J connectivity index is 1.74. The van der Waals surface area contributed by atoms with Gasteiger partial charge >= 0.3 is 0 Å². The van der Waals surface area contributed by atoms with E-state index in [0.29, 0.717) is 12.5 Å². The summed E-state index contributed by atoms with van der Waals surface area (Å²) in [5.74, 6) is -2.62. The van der Waals surface area contributed by atoms with Crippen LogP contribution in [0.2, 0.25) is 0 Å². The van der Waals surface area contributed by atoms with Crippen molar-refractivity contribution in [3.05, 3.63) is 47.5 Å². The molecule has 8 heteroatoms. The van der Waals surface area contributed by atoms with Gasteiger partial charge in [-0.25, -0.2) is 13.8 Å². The zero-order valence-electron chi connectivity index (χ0n) is 11.7. The standard InChI is InChI=1S/C14H14F2N4O2/c1-7-4-18-20(6-7)13-10(3-11(13)21)19-14(22)12-9(16)2-8(15)5-17-12/h2,4-6,10-11,13,21H,3H2,1H3,(H,19,22)/t10-,11+,13+/m0/s1. The van der Waals surface area contributed by atoms with Gasteiger partial charge in [0.25, 0.3) is 5.91 Å². The number of carbonyl (C=O) groups is 1. The molecular weight excluding hydrogens is 294 g/mol. The van der Waals surface area contributed by atoms with Crippen LogP contribution in [0.1, 0.15) is 28.5 Å². The molecule has 0 bridgehead atoms. The van der Waals surface area contributed by atoms with Crippen LogP contribution in [0, 0.1) is 18.6 Å². The Morgan fingerprint density at radius 1 is 1.45 bits per heavy atom. The zero-order chi connectivity index (χ0) is 15.9. The van der Waals surface area contributed by atoms with Gasteiger partial charge in [0.1, 0.15) is 5.82 Å². The van der Waals surface area contributed by atoms with E-state index in [4.69, 9.17) is 0 Å². The first kappa shape index (κ1) is 14.6. The summed E-state index contributed by atoms with van der Waals surface area (Å²) >= 11 is 0. The third kappa shape index (κ3) is 2.57. The molecule has 2 aromatic rings. The van der Waals surface area contributed by atoms with Gasteiger partial charge < -0.3 is 10.4 Å². The SMILES string of the molecule is Cc1cnn([C@H]2[C@H](O)C[C@@H]2NC(=O)c2ncc(F)cc2F)c1. The molecule has 0 spiro atoms. The van der Waals surface area contributed by atoms with Crippen molar-refractivity contribution in [3.8, 4) is 0 Å². The summed E-state index contributed by atoms with van der Waals surface area (Å²) in [7, 11) is 0. The number of amides is 1. The number of hydrogen-bond donors (Lipinski definition) is 2. The molecule has 0 saturated heterocycles. The van der Waals surface area contributed by atoms with Gasteiger partial charge in [-0.2, -0.15) is 5.10 Å². The van der Waals surface area contributed by atoms with E-state index in [1.165, 1.54) is 0 Å². The molecule has 1 fully saturated rings. The summed E-state index contributed by atoms with van der Waals surface area (Å²) in [4.78, 5) is 15.5. The van der Waals surface area contributed by atoms with E-state index in [0.717, 1.165) is 11.8 Å². The van der Waals surface area contributed by atoms with Gasteiger partial charge in [0, 0.05) is 12.3 Å². The summed E-state index contributed by atoms with van der Waals surface area (Å²) in [6, 6.07) is -0.208. The lowest BCUT2D eigenvalue weighted by Crippen LogP contribution is -2.56. The molecule has 1 amide bonds. The van der Waals surface area contributed by atoms with E-state index < -0.39 is 41.4 Å². The first-order valence-corrected chi connectivity index (χ1v) is 6.76. The topological polar surface area (TPSA) is 80.0 Å². The Hall–Kier alpha value is -2.35. The maximum absolute atomic E-state index is 13.5. The van der Waals surface area contributed by atoms with Gasteiger partial charge in [-0.15, -0.1) is 0 Å². The zero-order valence-corrected chi connectivity index (χ0v) is 11.7. The number of pyridine rings is 1. The number of aliphatic hydroxyl groups excluding tert-OH is 1. The highest BCUT2D eigenvalue weighted by Gasteiger charge is 2.43. The number of aryl methyl sites for hydroxylation is 1. The summed E-state index contributed by atoms with van der Waals surface area (Å²) in [6.45, 7) is 1.86. The van der Waals surface area contributed by atoms with Crippen LogP contribution in [-0.2, 0) is 0 Å². The van der Waals surface area contributed by atoms with Crippen molar-refractivity contribution in [2.75, 3.05) is 0 Å². The molecule has 6 nitrogen and oxygen atoms in total. The quantitative estimate of drug-likeness (QED) is 0.885. The van der Waals surface area contributed by atoms with Crippen molar-refractivity contribution in [1.82, 2.24) is 20.1 Å². The largest absolute Gasteiger partial charge is 0.391 e. The summed E-state index contributed by atoms with van der Waals surface area (Å²) in [5.41, 5.74) is 0.452. The number of rotatable bonds is 3. The molecule has 2 aromatic heterocycles. The van der Waals surface area contributed by atoms with Gasteiger partial charge in [-0.3, -0.25) is 9.48 Å². The molecule has 22 heavy (non-hydrogen) atoms. The fraction of sp³-hybridized carbons (Fsp3) is 0.357. The molecule has 1 aliphatic carbocycles. The Kier molecular flexibility index (Phi) is 3.61. The molecule has 2 heterocycles. The minimum atomic E-state index is -1.02. The third-order valence-electron chi connectivity index (χ3n) is 3.68. The molecule has 0 unspecified atom stereocenters. The van der Waals surface area contributed by atoms with E-state index in [1.807, 2.05) is 6.92 Å². The summed E-state index contributed by atoms with van der Waals surface area (Å²) in [6.07, 6.45) is 3.87. The minimum Gasteiger partial charge on any atom is -0.391 e. The predicted molar refractivity (Wildman–Crippen MR) is 72.0 cm³/mol. The Morgan fingerprint density at radius 3 is 2.82 bits per heavy atom. The van der Waals surface area contributed by atoms with Crippen molar-refractivity contribution in [1.29, 1.82) is 0 Å². The average Bonchev–Trinajstić information content (AvgIpc) is 2.83. The van der Waals surface area contributed by atoms with E-state index in [1.54, 1.807) is 17.1 Å². The normalized spacial score (nSPS) is 23.9. The maximum atomic E-state index is 13.5. The molecule has 0 aliphatic heterocycles. The lowest BCUT2D eigenvalue weighted by atomic mass is 9.83. The fourth-order valence-corrected chi connectivity index (χ4v) is 2.53. The second-order valence-corrected chi connectivity index (χ2v) is 5.36. The number of hydrogen-bond acceptors (Lipinski definition) is 4. The van der Waals surface area contributed by atoms with Crippen molar-refractivity contribution in [2.24, 2.45) is 0 Å². The van der Waals surface area contributed by atoms with Crippen molar-refractivity contribution >= 4 is 5.91 Å². The Morgan fingerprint density at radius 2 is 2.23 bits per heavy atom. The van der Waals surface area contributed by atoms with Crippen LogP contribution in [0.5, 0.6) is 0 Å². The monoisotopic (exact) mass is 308 g/mol. The predicted octanol–water partition coefficient (Wildman–Crippen LogP) is 0.969. The Labute approximate surface area is 124 Å². The molecule has 3 rings (SSSR count). The molecule has 116 valence electrons. The number of aromatic nitrogens is 3. The summed E-state index contributed by atoms with van der Waals surface area (Å²) in [5, 5.41) is 16.6. The number of nitrogens with zero attached hydrogens (tertiary/aromatic N) is 3. The van der Waals surface area contributed by atoms with Crippen LogP contribution in [0.25, 0.3) is 0 Å². The van der Waals surface area contributed by atoms with E-state index in [9.17, 15) is 18.7 Å². The van der Waals surface area contributed by atoms with Gasteiger partial charge in [0.05, 0.1) is 30.6 Å². The molecule has 0 radical (unpaired) electrons. The van der Waals surface area contributed by atoms with Crippen LogP contribution < -0.4 is 5.32 Å². The van der Waals surface area contributed by atoms with Crippen LogP contribution in [0.4, 0.5) is 8.78 Å². The van der Waals surface area contributed by atoms with Crippen molar-refractivity contribution in [2.45, 2.75) is 31.5 Å². The van der Waals surface area contributed by atoms with Crippen LogP contribution in [0.3, 0.4) is 0 Å². The highest BCUT2D eigenvalue weighted by molar-refractivity contribution is 5.92. The molecule has 0 aromatic carbocycles. The van der Waals surface area contributed by atoms with Gasteiger partial charge in [0.15, 0.2) is 11.5 Å². The van der Waals surface area contributed by atoms with Gasteiger partial charge in [-0.1, -0.05) is 0 Å². The first-order chi connectivity index (χ1) is 10.5. The number of aliphatic hydroxyl groups is 1. The first-order valence-electron chi connectivity index (χ1n) is 6.76. The number of halogens is 2. The highest BCUT2D eigenvalue weighted by Crippen LogP contribution is 2.32. The summed E-state index contributed by atoms with van der Waals surface area (Å²) < 4.78 is 27.9. The maximum Gasteiger partial charge on any atom is 0.273 e. The van der Waals surface area contributed by atoms with Crippen molar-refractivity contribution in [3.63, 3.8) is 0 Å². The molecule has 3 atom stereocenters. The van der Waals surface area contributed by atoms with E-state index >= 15 is 0 Å². The number of nitrogens with one attached hydrogen (secondary N) is 1. The second-order valence-electron chi connectivity index (χ2n) is 5.36. The van der Waals surface area contributed by atoms with Crippen LogP contribution in [0.15, 0.2) is 24.7 Å². The van der Waals surface area contributed by atoms with E-state index in [-0.39, 0.29) is 0 Å². The Bertz CT molecular complexity index is 719. The molecule has 1 aliphatic rings. The second kappa shape index (κ2) is 5.45. The van der Waals surface area contributed by atoms with Gasteiger partial charge in [-0.05, 0) is 18.9 Å². The van der Waals surface area contributed by atoms with E-state index in [2.05, 4.69) is 15.4 Å². The molecular formula is C14H14F2N4O2. The van der Waals surface area contributed by atoms with Crippen molar-refractivity contribution < 1.29 is 18.7 Å². The van der Waals surface area contributed by atoms with Crippen LogP contribution in [-0.4, -0.2) is 37.9 Å². The number of carbonyl (C=O) groups excluding carboxylic acids is 1. The average molecular weight is 308 g/mol. The van der Waals surface area contributed by atoms with Crippen LogP contribution >= 0.6 is 0 Å². The fourth-order valence-electron chi connectivity index (χ4n) is 2.53. The lowest BCUT2D eigenvalue weighted by molar-refractivity contribution is -0.00602. The lowest BCUT2D eigenvalue weighted by Gasteiger charge is -2.41. The minimum absolute atomic E-state index is 0.331.